The Morgan fingerprint density at radius 2 is 2.09 bits per heavy atom. The van der Waals surface area contributed by atoms with E-state index in [-0.39, 0.29) is 12.0 Å². The van der Waals surface area contributed by atoms with Crippen LogP contribution in [-0.4, -0.2) is 28.8 Å². The molecule has 0 saturated heterocycles. The molecule has 0 aliphatic rings. The number of aromatic amines is 1. The molecule has 1 aromatic carbocycles. The van der Waals surface area contributed by atoms with Gasteiger partial charge in [-0.25, -0.2) is 4.98 Å². The largest absolute Gasteiger partial charge is 0.469 e. The fourth-order valence-electron chi connectivity index (χ4n) is 1.95. The standard InChI is InChI=1S/C16H18N2O3S/c1-21-15(20)11-13-10-14(19)18-16(17-13)22-9-5-8-12-6-3-2-4-7-12/h2-4,6-7,10H,5,8-9,11H2,1H3,(H,17,18,19). The summed E-state index contributed by atoms with van der Waals surface area (Å²) in [5, 5.41) is 0.541. The average molecular weight is 318 g/mol. The lowest BCUT2D eigenvalue weighted by atomic mass is 10.1. The first-order valence-electron chi connectivity index (χ1n) is 7.01. The first kappa shape index (κ1) is 16.3. The van der Waals surface area contributed by atoms with Crippen molar-refractivity contribution in [1.82, 2.24) is 9.97 Å². The van der Waals surface area contributed by atoms with Gasteiger partial charge in [0.05, 0.1) is 19.2 Å². The summed E-state index contributed by atoms with van der Waals surface area (Å²) < 4.78 is 4.58. The number of rotatable bonds is 7. The SMILES string of the molecule is COC(=O)Cc1cc(=O)[nH]c(SCCCc2ccccc2)n1. The van der Waals surface area contributed by atoms with Gasteiger partial charge in [-0.15, -0.1) is 0 Å². The number of nitrogens with zero attached hydrogens (tertiary/aromatic N) is 1. The molecule has 0 atom stereocenters. The summed E-state index contributed by atoms with van der Waals surface area (Å²) in [7, 11) is 1.31. The van der Waals surface area contributed by atoms with Crippen LogP contribution in [0, 0.1) is 0 Å². The topological polar surface area (TPSA) is 72.1 Å². The van der Waals surface area contributed by atoms with Gasteiger partial charge in [0.15, 0.2) is 5.16 Å². The molecule has 22 heavy (non-hydrogen) atoms. The third-order valence-corrected chi connectivity index (χ3v) is 3.98. The summed E-state index contributed by atoms with van der Waals surface area (Å²) in [5.74, 6) is 0.442. The number of carbonyl (C=O) groups excluding carboxylic acids is 1. The minimum atomic E-state index is -0.405. The maximum absolute atomic E-state index is 11.6. The van der Waals surface area contributed by atoms with Crippen molar-refractivity contribution in [3.63, 3.8) is 0 Å². The minimum Gasteiger partial charge on any atom is -0.469 e. The fraction of sp³-hybridized carbons (Fsp3) is 0.312. The van der Waals surface area contributed by atoms with Crippen LogP contribution in [0.2, 0.25) is 0 Å². The van der Waals surface area contributed by atoms with Gasteiger partial charge >= 0.3 is 5.97 Å². The van der Waals surface area contributed by atoms with E-state index in [1.165, 1.54) is 30.5 Å². The second-order valence-electron chi connectivity index (χ2n) is 4.73. The van der Waals surface area contributed by atoms with Crippen LogP contribution < -0.4 is 5.56 Å². The predicted molar refractivity (Wildman–Crippen MR) is 86.1 cm³/mol. The van der Waals surface area contributed by atoms with E-state index in [1.807, 2.05) is 18.2 Å². The molecule has 0 amide bonds. The van der Waals surface area contributed by atoms with E-state index in [0.717, 1.165) is 18.6 Å². The van der Waals surface area contributed by atoms with E-state index in [9.17, 15) is 9.59 Å². The van der Waals surface area contributed by atoms with Crippen molar-refractivity contribution in [2.45, 2.75) is 24.4 Å². The highest BCUT2D eigenvalue weighted by atomic mass is 32.2. The summed E-state index contributed by atoms with van der Waals surface area (Å²) >= 11 is 1.48. The molecule has 0 aliphatic carbocycles. The van der Waals surface area contributed by atoms with Gasteiger partial charge in [-0.3, -0.25) is 9.59 Å². The van der Waals surface area contributed by atoms with Crippen molar-refractivity contribution in [3.05, 3.63) is 58.0 Å². The summed E-state index contributed by atoms with van der Waals surface area (Å²) in [4.78, 5) is 29.8. The number of hydrogen-bond acceptors (Lipinski definition) is 5. The molecule has 0 radical (unpaired) electrons. The minimum absolute atomic E-state index is 0.0119. The van der Waals surface area contributed by atoms with Crippen LogP contribution in [0.1, 0.15) is 17.7 Å². The Hall–Kier alpha value is -2.08. The molecule has 0 unspecified atom stereocenters. The van der Waals surface area contributed by atoms with Crippen LogP contribution in [0.15, 0.2) is 46.3 Å². The maximum atomic E-state index is 11.6. The Labute approximate surface area is 133 Å². The van der Waals surface area contributed by atoms with Gasteiger partial charge in [0.1, 0.15) is 0 Å². The number of thioether (sulfide) groups is 1. The molecule has 116 valence electrons. The maximum Gasteiger partial charge on any atom is 0.311 e. The molecule has 1 aromatic heterocycles. The highest BCUT2D eigenvalue weighted by Gasteiger charge is 2.07. The molecule has 0 fully saturated rings. The van der Waals surface area contributed by atoms with Gasteiger partial charge < -0.3 is 9.72 Å². The lowest BCUT2D eigenvalue weighted by Crippen LogP contribution is -2.14. The third kappa shape index (κ3) is 5.37. The van der Waals surface area contributed by atoms with E-state index in [4.69, 9.17) is 0 Å². The van der Waals surface area contributed by atoms with Crippen molar-refractivity contribution in [2.75, 3.05) is 12.9 Å². The number of ether oxygens (including phenoxy) is 1. The van der Waals surface area contributed by atoms with Crippen molar-refractivity contribution in [3.8, 4) is 0 Å². The number of benzene rings is 1. The molecular weight excluding hydrogens is 300 g/mol. The predicted octanol–water partition coefficient (Wildman–Crippen LogP) is 2.21. The summed E-state index contributed by atoms with van der Waals surface area (Å²) in [6.07, 6.45) is 1.98. The fourth-order valence-corrected chi connectivity index (χ4v) is 2.79. The van der Waals surface area contributed by atoms with Crippen LogP contribution >= 0.6 is 11.8 Å². The summed E-state index contributed by atoms with van der Waals surface area (Å²) in [6.45, 7) is 0. The van der Waals surface area contributed by atoms with E-state index < -0.39 is 5.97 Å². The monoisotopic (exact) mass is 318 g/mol. The Morgan fingerprint density at radius 3 is 2.82 bits per heavy atom. The highest BCUT2D eigenvalue weighted by molar-refractivity contribution is 7.99. The molecule has 0 saturated carbocycles. The molecule has 1 heterocycles. The highest BCUT2D eigenvalue weighted by Crippen LogP contribution is 2.14. The molecule has 2 rings (SSSR count). The van der Waals surface area contributed by atoms with Crippen LogP contribution in [0.4, 0.5) is 0 Å². The molecule has 2 aromatic rings. The average Bonchev–Trinajstić information content (AvgIpc) is 2.52. The van der Waals surface area contributed by atoms with Gasteiger partial charge in [-0.1, -0.05) is 42.1 Å². The van der Waals surface area contributed by atoms with Gasteiger partial charge in [0.25, 0.3) is 5.56 Å². The van der Waals surface area contributed by atoms with Gasteiger partial charge in [-0.2, -0.15) is 0 Å². The molecular formula is C16H18N2O3S. The summed E-state index contributed by atoms with van der Waals surface area (Å²) in [6, 6.07) is 11.6. The van der Waals surface area contributed by atoms with E-state index in [2.05, 4.69) is 26.8 Å². The second kappa shape index (κ2) is 8.38. The van der Waals surface area contributed by atoms with Crippen molar-refractivity contribution < 1.29 is 9.53 Å². The zero-order valence-corrected chi connectivity index (χ0v) is 13.2. The molecule has 5 nitrogen and oxygen atoms in total. The smallest absolute Gasteiger partial charge is 0.311 e. The van der Waals surface area contributed by atoms with Crippen LogP contribution in [0.5, 0.6) is 0 Å². The van der Waals surface area contributed by atoms with Crippen molar-refractivity contribution >= 4 is 17.7 Å². The Balaban J connectivity index is 1.87. The zero-order valence-electron chi connectivity index (χ0n) is 12.4. The van der Waals surface area contributed by atoms with Crippen molar-refractivity contribution in [1.29, 1.82) is 0 Å². The number of hydrogen-bond donors (Lipinski definition) is 1. The molecule has 6 heteroatoms. The second-order valence-corrected chi connectivity index (χ2v) is 5.82. The Morgan fingerprint density at radius 1 is 1.32 bits per heavy atom. The van der Waals surface area contributed by atoms with Gasteiger partial charge in [0, 0.05) is 11.8 Å². The van der Waals surface area contributed by atoms with Crippen LogP contribution in [0.25, 0.3) is 0 Å². The molecule has 0 spiro atoms. The number of aryl methyl sites for hydroxylation is 1. The lowest BCUT2D eigenvalue weighted by Gasteiger charge is -2.04. The molecule has 0 aliphatic heterocycles. The number of H-pyrrole nitrogens is 1. The normalized spacial score (nSPS) is 10.4. The number of aromatic nitrogens is 2. The van der Waals surface area contributed by atoms with Gasteiger partial charge in [-0.05, 0) is 18.4 Å². The Bertz CT molecular complexity index is 671. The molecule has 0 bridgehead atoms. The zero-order chi connectivity index (χ0) is 15.8. The van der Waals surface area contributed by atoms with E-state index in [1.54, 1.807) is 0 Å². The number of esters is 1. The van der Waals surface area contributed by atoms with Gasteiger partial charge in [0.2, 0.25) is 0 Å². The summed E-state index contributed by atoms with van der Waals surface area (Å²) in [5.41, 5.74) is 1.48. The Kier molecular flexibility index (Phi) is 6.21. The number of nitrogens with one attached hydrogen (secondary N) is 1. The quantitative estimate of drug-likeness (QED) is 0.367. The van der Waals surface area contributed by atoms with Crippen LogP contribution in [-0.2, 0) is 22.4 Å². The first-order valence-corrected chi connectivity index (χ1v) is 7.99. The lowest BCUT2D eigenvalue weighted by molar-refractivity contribution is -0.139. The van der Waals surface area contributed by atoms with E-state index in [0.29, 0.717) is 10.9 Å². The van der Waals surface area contributed by atoms with Crippen molar-refractivity contribution in [2.24, 2.45) is 0 Å². The molecule has 1 N–H and O–H groups in total. The van der Waals surface area contributed by atoms with Crippen LogP contribution in [0.3, 0.4) is 0 Å². The first-order chi connectivity index (χ1) is 10.7. The number of methoxy groups -OCH3 is 1. The number of carbonyl (C=O) groups is 1. The van der Waals surface area contributed by atoms with E-state index >= 15 is 0 Å². The third-order valence-electron chi connectivity index (χ3n) is 3.02.